The molecule has 0 unspecified atom stereocenters. The Kier molecular flexibility index (Phi) is 7.03. The van der Waals surface area contributed by atoms with Crippen LogP contribution in [0.2, 0.25) is 0 Å². The molecule has 5 aromatic rings. The Morgan fingerprint density at radius 1 is 0.800 bits per heavy atom. The minimum Gasteiger partial charge on any atom is -0.451 e. The monoisotopic (exact) mass is 536 g/mol. The number of nitrogens with one attached hydrogen (secondary N) is 2. The number of para-hydroxylation sites is 1. The van der Waals surface area contributed by atoms with Crippen molar-refractivity contribution in [2.45, 2.75) is 13.0 Å². The number of fused-ring (bicyclic) bond motifs is 2. The lowest BCUT2D eigenvalue weighted by Crippen LogP contribution is -2.42. The van der Waals surface area contributed by atoms with Gasteiger partial charge in [-0.05, 0) is 54.1 Å². The van der Waals surface area contributed by atoms with Crippen LogP contribution in [0, 0.1) is 0 Å². The molecule has 202 valence electrons. The average Bonchev–Trinajstić information content (AvgIpc) is 3.59. The molecule has 40 heavy (non-hydrogen) atoms. The number of rotatable bonds is 7. The first kappa shape index (κ1) is 25.4. The fourth-order valence-electron chi connectivity index (χ4n) is 4.86. The van der Waals surface area contributed by atoms with E-state index in [4.69, 9.17) is 9.15 Å². The van der Waals surface area contributed by atoms with Gasteiger partial charge < -0.3 is 29.3 Å². The van der Waals surface area contributed by atoms with Crippen LogP contribution in [0.5, 0.6) is 0 Å². The van der Waals surface area contributed by atoms with Gasteiger partial charge in [0.1, 0.15) is 12.1 Å². The van der Waals surface area contributed by atoms with Gasteiger partial charge in [-0.2, -0.15) is 0 Å². The van der Waals surface area contributed by atoms with Crippen molar-refractivity contribution in [3.05, 3.63) is 96.4 Å². The zero-order valence-electron chi connectivity index (χ0n) is 21.8. The maximum Gasteiger partial charge on any atom is 0.291 e. The summed E-state index contributed by atoms with van der Waals surface area (Å²) in [5.41, 5.74) is 3.69. The molecule has 1 saturated heterocycles. The molecule has 3 aromatic carbocycles. The number of aromatic nitrogens is 1. The SMILES string of the molecule is O=C(Cc1ccc(NC(=O)c2cc3ccccc3o2)cc1)Nc1ccc2c(ccn2CC(=O)N2CCOCC2)c1. The predicted molar refractivity (Wildman–Crippen MR) is 152 cm³/mol. The lowest BCUT2D eigenvalue weighted by Gasteiger charge is -2.27. The number of hydrogen-bond acceptors (Lipinski definition) is 5. The summed E-state index contributed by atoms with van der Waals surface area (Å²) in [5, 5.41) is 7.58. The van der Waals surface area contributed by atoms with Crippen LogP contribution >= 0.6 is 0 Å². The van der Waals surface area contributed by atoms with Crippen LogP contribution in [0.15, 0.2) is 89.5 Å². The number of hydrogen-bond donors (Lipinski definition) is 2. The highest BCUT2D eigenvalue weighted by atomic mass is 16.5. The molecule has 1 aliphatic heterocycles. The summed E-state index contributed by atoms with van der Waals surface area (Å²) in [4.78, 5) is 39.8. The minimum atomic E-state index is -0.337. The quantitative estimate of drug-likeness (QED) is 0.314. The van der Waals surface area contributed by atoms with Crippen LogP contribution in [0.4, 0.5) is 11.4 Å². The van der Waals surface area contributed by atoms with Gasteiger partial charge in [0.2, 0.25) is 11.8 Å². The van der Waals surface area contributed by atoms with E-state index < -0.39 is 0 Å². The van der Waals surface area contributed by atoms with Gasteiger partial charge >= 0.3 is 0 Å². The number of carbonyl (C=O) groups excluding carboxylic acids is 3. The first-order valence-electron chi connectivity index (χ1n) is 13.1. The highest BCUT2D eigenvalue weighted by Gasteiger charge is 2.18. The Morgan fingerprint density at radius 2 is 1.57 bits per heavy atom. The third-order valence-corrected chi connectivity index (χ3v) is 6.95. The summed E-state index contributed by atoms with van der Waals surface area (Å²) in [5.74, 6) is -0.185. The number of nitrogens with zero attached hydrogens (tertiary/aromatic N) is 2. The summed E-state index contributed by atoms with van der Waals surface area (Å²) in [6.45, 7) is 2.66. The highest BCUT2D eigenvalue weighted by Crippen LogP contribution is 2.22. The number of amides is 3. The van der Waals surface area contributed by atoms with Crippen LogP contribution in [-0.4, -0.2) is 53.5 Å². The molecule has 0 saturated carbocycles. The second kappa shape index (κ2) is 11.1. The van der Waals surface area contributed by atoms with Crippen molar-refractivity contribution in [1.29, 1.82) is 0 Å². The van der Waals surface area contributed by atoms with Crippen molar-refractivity contribution in [3.8, 4) is 0 Å². The topological polar surface area (TPSA) is 106 Å². The largest absolute Gasteiger partial charge is 0.451 e. The predicted octanol–water partition coefficient (Wildman–Crippen LogP) is 4.68. The Morgan fingerprint density at radius 3 is 2.38 bits per heavy atom. The van der Waals surface area contributed by atoms with Crippen molar-refractivity contribution in [2.24, 2.45) is 0 Å². The Bertz CT molecular complexity index is 1660. The molecular formula is C31H28N4O5. The van der Waals surface area contributed by atoms with Crippen LogP contribution in [0.3, 0.4) is 0 Å². The van der Waals surface area contributed by atoms with E-state index in [-0.39, 0.29) is 36.4 Å². The number of ether oxygens (including phenoxy) is 1. The van der Waals surface area contributed by atoms with Crippen molar-refractivity contribution < 1.29 is 23.5 Å². The van der Waals surface area contributed by atoms with Gasteiger partial charge in [-0.3, -0.25) is 14.4 Å². The van der Waals surface area contributed by atoms with Crippen molar-refractivity contribution >= 4 is 51.0 Å². The first-order valence-corrected chi connectivity index (χ1v) is 13.1. The van der Waals surface area contributed by atoms with Gasteiger partial charge in [-0.15, -0.1) is 0 Å². The van der Waals surface area contributed by atoms with Gasteiger partial charge in [-0.25, -0.2) is 0 Å². The number of furan rings is 1. The molecule has 0 atom stereocenters. The molecule has 1 aliphatic rings. The van der Waals surface area contributed by atoms with Gasteiger partial charge in [0.05, 0.1) is 19.6 Å². The standard InChI is InChI=1S/C31H28N4O5/c36-29(17-21-5-7-24(8-6-21)33-31(38)28-19-23-3-1-2-4-27(23)40-28)32-25-9-10-26-22(18-25)11-12-35(26)20-30(37)34-13-15-39-16-14-34/h1-12,18-19H,13-17,20H2,(H,32,36)(H,33,38). The molecule has 3 heterocycles. The van der Waals surface area contributed by atoms with E-state index in [1.165, 1.54) is 0 Å². The molecular weight excluding hydrogens is 508 g/mol. The summed E-state index contributed by atoms with van der Waals surface area (Å²) in [7, 11) is 0. The van der Waals surface area contributed by atoms with E-state index in [1.807, 2.05) is 76.3 Å². The van der Waals surface area contributed by atoms with Crippen LogP contribution in [0.25, 0.3) is 21.9 Å². The zero-order chi connectivity index (χ0) is 27.5. The van der Waals surface area contributed by atoms with Crippen LogP contribution in [-0.2, 0) is 27.3 Å². The van der Waals surface area contributed by atoms with Crippen molar-refractivity contribution in [2.75, 3.05) is 36.9 Å². The molecule has 9 heteroatoms. The molecule has 2 aromatic heterocycles. The van der Waals surface area contributed by atoms with Gasteiger partial charge in [0, 0.05) is 47.0 Å². The van der Waals surface area contributed by atoms with Gasteiger partial charge in [-0.1, -0.05) is 30.3 Å². The van der Waals surface area contributed by atoms with E-state index in [9.17, 15) is 14.4 Å². The van der Waals surface area contributed by atoms with Crippen molar-refractivity contribution in [3.63, 3.8) is 0 Å². The molecule has 6 rings (SSSR count). The third-order valence-electron chi connectivity index (χ3n) is 6.95. The summed E-state index contributed by atoms with van der Waals surface area (Å²) in [6.07, 6.45) is 2.08. The summed E-state index contributed by atoms with van der Waals surface area (Å²) in [6, 6.07) is 23.9. The zero-order valence-corrected chi connectivity index (χ0v) is 21.8. The number of carbonyl (C=O) groups is 3. The maximum absolute atomic E-state index is 12.7. The summed E-state index contributed by atoms with van der Waals surface area (Å²) < 4.78 is 12.9. The van der Waals surface area contributed by atoms with Crippen molar-refractivity contribution in [1.82, 2.24) is 9.47 Å². The Labute approximate surface area is 230 Å². The first-order chi connectivity index (χ1) is 19.5. The lowest BCUT2D eigenvalue weighted by molar-refractivity contribution is -0.135. The number of benzene rings is 3. The highest BCUT2D eigenvalue weighted by molar-refractivity contribution is 6.04. The van der Waals surface area contributed by atoms with E-state index in [1.54, 1.807) is 18.2 Å². The van der Waals surface area contributed by atoms with Crippen LogP contribution < -0.4 is 10.6 Å². The molecule has 2 N–H and O–H groups in total. The Hall–Kier alpha value is -4.89. The molecule has 0 spiro atoms. The van der Waals surface area contributed by atoms with Crippen LogP contribution in [0.1, 0.15) is 16.1 Å². The Balaban J connectivity index is 1.04. The molecule has 3 amide bonds. The molecule has 0 radical (unpaired) electrons. The summed E-state index contributed by atoms with van der Waals surface area (Å²) >= 11 is 0. The second-order valence-electron chi connectivity index (χ2n) is 9.73. The lowest BCUT2D eigenvalue weighted by atomic mass is 10.1. The van der Waals surface area contributed by atoms with E-state index in [0.717, 1.165) is 21.9 Å². The fourth-order valence-corrected chi connectivity index (χ4v) is 4.86. The van der Waals surface area contributed by atoms with Gasteiger partial charge in [0.15, 0.2) is 5.76 Å². The van der Waals surface area contributed by atoms with Gasteiger partial charge in [0.25, 0.3) is 5.91 Å². The normalized spacial score (nSPS) is 13.4. The van der Waals surface area contributed by atoms with E-state index in [2.05, 4.69) is 10.6 Å². The minimum absolute atomic E-state index is 0.0679. The number of morpholine rings is 1. The molecule has 0 aliphatic carbocycles. The number of anilines is 2. The van der Waals surface area contributed by atoms with E-state index in [0.29, 0.717) is 43.3 Å². The molecule has 1 fully saturated rings. The molecule has 9 nitrogen and oxygen atoms in total. The smallest absolute Gasteiger partial charge is 0.291 e. The average molecular weight is 537 g/mol. The molecule has 0 bridgehead atoms. The fraction of sp³-hybridized carbons (Fsp3) is 0.194. The second-order valence-corrected chi connectivity index (χ2v) is 9.73. The maximum atomic E-state index is 12.7. The third kappa shape index (κ3) is 5.60. The van der Waals surface area contributed by atoms with E-state index >= 15 is 0 Å².